The normalized spacial score (nSPS) is 12.3. The molecule has 174 valence electrons. The van der Waals surface area contributed by atoms with Gasteiger partial charge in [-0.2, -0.15) is 0 Å². The van der Waals surface area contributed by atoms with E-state index in [0.29, 0.717) is 37.4 Å². The summed E-state index contributed by atoms with van der Waals surface area (Å²) in [4.78, 5) is 27.9. The molecule has 4 nitrogen and oxygen atoms in total. The molecule has 0 saturated heterocycles. The van der Waals surface area contributed by atoms with Gasteiger partial charge in [-0.3, -0.25) is 9.59 Å². The third-order valence-electron chi connectivity index (χ3n) is 5.68. The van der Waals surface area contributed by atoms with Crippen molar-refractivity contribution in [3.05, 3.63) is 70.2 Å². The van der Waals surface area contributed by atoms with Crippen molar-refractivity contribution in [2.45, 2.75) is 78.3 Å². The van der Waals surface area contributed by atoms with Crippen LogP contribution in [0.4, 0.5) is 0 Å². The second-order valence-corrected chi connectivity index (χ2v) is 9.68. The highest BCUT2D eigenvalue weighted by molar-refractivity contribution is 6.31. The average molecular weight is 457 g/mol. The second-order valence-electron chi connectivity index (χ2n) is 9.28. The summed E-state index contributed by atoms with van der Waals surface area (Å²) in [5.74, 6) is -0.146. The van der Waals surface area contributed by atoms with Crippen LogP contribution in [0, 0.1) is 0 Å². The third kappa shape index (κ3) is 7.37. The van der Waals surface area contributed by atoms with Gasteiger partial charge in [0.15, 0.2) is 0 Å². The van der Waals surface area contributed by atoms with Gasteiger partial charge in [0.2, 0.25) is 11.8 Å². The predicted octanol–water partition coefficient (Wildman–Crippen LogP) is 5.90. The summed E-state index contributed by atoms with van der Waals surface area (Å²) in [5.41, 5.74) is 3.33. The summed E-state index contributed by atoms with van der Waals surface area (Å²) in [5, 5.41) is 3.55. The summed E-state index contributed by atoms with van der Waals surface area (Å²) in [7, 11) is 0. The number of hydrogen-bond donors (Lipinski definition) is 1. The fourth-order valence-electron chi connectivity index (χ4n) is 3.66. The Morgan fingerprint density at radius 3 is 2.25 bits per heavy atom. The first-order valence-electron chi connectivity index (χ1n) is 11.6. The lowest BCUT2D eigenvalue weighted by Gasteiger charge is -2.31. The van der Waals surface area contributed by atoms with Gasteiger partial charge >= 0.3 is 0 Å². The van der Waals surface area contributed by atoms with Crippen molar-refractivity contribution < 1.29 is 9.59 Å². The van der Waals surface area contributed by atoms with Gasteiger partial charge in [0.25, 0.3) is 0 Å². The number of halogens is 1. The molecule has 1 atom stereocenters. The Labute approximate surface area is 198 Å². The first kappa shape index (κ1) is 25.9. The molecule has 0 aromatic heterocycles. The molecule has 0 aliphatic rings. The Morgan fingerprint density at radius 2 is 1.69 bits per heavy atom. The number of amides is 2. The first-order chi connectivity index (χ1) is 15.2. The smallest absolute Gasteiger partial charge is 0.242 e. The number of nitrogens with one attached hydrogen (secondary N) is 1. The molecule has 2 amide bonds. The Hall–Kier alpha value is -2.33. The largest absolute Gasteiger partial charge is 0.354 e. The molecule has 0 aliphatic carbocycles. The highest BCUT2D eigenvalue weighted by Gasteiger charge is 2.28. The fraction of sp³-hybridized carbons (Fsp3) is 0.481. The molecule has 2 aromatic rings. The van der Waals surface area contributed by atoms with Crippen LogP contribution in [0.25, 0.3) is 0 Å². The minimum atomic E-state index is -0.520. The summed E-state index contributed by atoms with van der Waals surface area (Å²) < 4.78 is 0. The molecule has 32 heavy (non-hydrogen) atoms. The van der Waals surface area contributed by atoms with Crippen molar-refractivity contribution in [2.75, 3.05) is 6.54 Å². The number of benzene rings is 2. The fourth-order valence-corrected chi connectivity index (χ4v) is 3.86. The number of nitrogens with zero attached hydrogens (tertiary/aromatic N) is 1. The van der Waals surface area contributed by atoms with Gasteiger partial charge in [-0.1, -0.05) is 88.7 Å². The van der Waals surface area contributed by atoms with Crippen molar-refractivity contribution >= 4 is 23.4 Å². The highest BCUT2D eigenvalue weighted by Crippen LogP contribution is 2.23. The molecule has 0 radical (unpaired) electrons. The van der Waals surface area contributed by atoms with Gasteiger partial charge in [0.1, 0.15) is 6.04 Å². The van der Waals surface area contributed by atoms with E-state index >= 15 is 0 Å². The standard InChI is InChI=1S/C27H37ClN2O2/c1-6-18-29-26(32)24(7-2)30(19-21-10-8-9-11-23(21)28)25(31)17-14-20-12-15-22(16-13-20)27(3,4)5/h8-13,15-16,24H,6-7,14,17-19H2,1-5H3,(H,29,32). The van der Waals surface area contributed by atoms with Gasteiger partial charge in [-0.25, -0.2) is 0 Å². The molecule has 0 aliphatic heterocycles. The van der Waals surface area contributed by atoms with E-state index in [2.05, 4.69) is 50.4 Å². The quantitative estimate of drug-likeness (QED) is 0.483. The van der Waals surface area contributed by atoms with Crippen LogP contribution in [0.5, 0.6) is 0 Å². The Morgan fingerprint density at radius 1 is 1.03 bits per heavy atom. The molecule has 0 saturated carbocycles. The van der Waals surface area contributed by atoms with E-state index in [1.807, 2.05) is 38.1 Å². The molecule has 2 rings (SSSR count). The third-order valence-corrected chi connectivity index (χ3v) is 6.05. The van der Waals surface area contributed by atoms with Crippen LogP contribution in [0.2, 0.25) is 5.02 Å². The molecule has 0 spiro atoms. The van der Waals surface area contributed by atoms with Crippen LogP contribution >= 0.6 is 11.6 Å². The summed E-state index contributed by atoms with van der Waals surface area (Å²) in [6, 6.07) is 15.4. The molecule has 5 heteroatoms. The van der Waals surface area contributed by atoms with Crippen molar-refractivity contribution in [2.24, 2.45) is 0 Å². The minimum absolute atomic E-state index is 0.0386. The predicted molar refractivity (Wildman–Crippen MR) is 133 cm³/mol. The lowest BCUT2D eigenvalue weighted by Crippen LogP contribution is -2.49. The summed E-state index contributed by atoms with van der Waals surface area (Å²) in [6.07, 6.45) is 2.38. The molecule has 1 unspecified atom stereocenters. The number of aryl methyl sites for hydroxylation is 1. The van der Waals surface area contributed by atoms with E-state index < -0.39 is 6.04 Å². The van der Waals surface area contributed by atoms with Crippen molar-refractivity contribution in [3.8, 4) is 0 Å². The molecule has 0 bridgehead atoms. The van der Waals surface area contributed by atoms with E-state index in [1.54, 1.807) is 4.90 Å². The number of carbonyl (C=O) groups excluding carboxylic acids is 2. The maximum absolute atomic E-state index is 13.3. The Bertz CT molecular complexity index is 887. The lowest BCUT2D eigenvalue weighted by molar-refractivity contribution is -0.141. The van der Waals surface area contributed by atoms with Gasteiger partial charge in [-0.05, 0) is 47.4 Å². The number of rotatable bonds is 10. The number of carbonyl (C=O) groups is 2. The van der Waals surface area contributed by atoms with Crippen LogP contribution in [0.3, 0.4) is 0 Å². The van der Waals surface area contributed by atoms with Gasteiger partial charge < -0.3 is 10.2 Å². The molecule has 0 fully saturated rings. The molecule has 1 N–H and O–H groups in total. The first-order valence-corrected chi connectivity index (χ1v) is 11.9. The zero-order valence-corrected chi connectivity index (χ0v) is 20.8. The van der Waals surface area contributed by atoms with Crippen LogP contribution in [0.15, 0.2) is 48.5 Å². The van der Waals surface area contributed by atoms with E-state index in [4.69, 9.17) is 11.6 Å². The van der Waals surface area contributed by atoms with Gasteiger partial charge in [-0.15, -0.1) is 0 Å². The summed E-state index contributed by atoms with van der Waals surface area (Å²) in [6.45, 7) is 11.4. The van der Waals surface area contributed by atoms with Crippen LogP contribution in [-0.4, -0.2) is 29.3 Å². The SMILES string of the molecule is CCCNC(=O)C(CC)N(Cc1ccccc1Cl)C(=O)CCc1ccc(C(C)(C)C)cc1. The van der Waals surface area contributed by atoms with E-state index in [9.17, 15) is 9.59 Å². The van der Waals surface area contributed by atoms with Crippen LogP contribution in [-0.2, 0) is 28.0 Å². The molecular formula is C27H37ClN2O2. The molecular weight excluding hydrogens is 420 g/mol. The molecule has 2 aromatic carbocycles. The Balaban J connectivity index is 2.18. The Kier molecular flexibility index (Phi) is 9.77. The maximum Gasteiger partial charge on any atom is 0.242 e. The maximum atomic E-state index is 13.3. The van der Waals surface area contributed by atoms with Crippen molar-refractivity contribution in [1.29, 1.82) is 0 Å². The minimum Gasteiger partial charge on any atom is -0.354 e. The molecule has 0 heterocycles. The van der Waals surface area contributed by atoms with Crippen molar-refractivity contribution in [1.82, 2.24) is 10.2 Å². The highest BCUT2D eigenvalue weighted by atomic mass is 35.5. The van der Waals surface area contributed by atoms with E-state index in [-0.39, 0.29) is 17.2 Å². The summed E-state index contributed by atoms with van der Waals surface area (Å²) >= 11 is 6.37. The van der Waals surface area contributed by atoms with Crippen LogP contribution in [0.1, 0.15) is 70.6 Å². The van der Waals surface area contributed by atoms with Gasteiger partial charge in [0, 0.05) is 24.5 Å². The monoisotopic (exact) mass is 456 g/mol. The topological polar surface area (TPSA) is 49.4 Å². The van der Waals surface area contributed by atoms with E-state index in [1.165, 1.54) is 5.56 Å². The lowest BCUT2D eigenvalue weighted by atomic mass is 9.86. The number of hydrogen-bond acceptors (Lipinski definition) is 2. The zero-order valence-electron chi connectivity index (χ0n) is 20.1. The van der Waals surface area contributed by atoms with E-state index in [0.717, 1.165) is 17.5 Å². The second kappa shape index (κ2) is 12.1. The zero-order chi connectivity index (χ0) is 23.7. The van der Waals surface area contributed by atoms with Crippen molar-refractivity contribution in [3.63, 3.8) is 0 Å². The average Bonchev–Trinajstić information content (AvgIpc) is 2.76. The van der Waals surface area contributed by atoms with Crippen LogP contribution < -0.4 is 5.32 Å². The van der Waals surface area contributed by atoms with Gasteiger partial charge in [0.05, 0.1) is 0 Å².